The first-order valence-electron chi connectivity index (χ1n) is 4.52. The van der Waals surface area contributed by atoms with Crippen LogP contribution in [0.1, 0.15) is 12.1 Å². The molecule has 15 heavy (non-hydrogen) atoms. The Kier molecular flexibility index (Phi) is 4.49. The fourth-order valence-electron chi connectivity index (χ4n) is 0.910. The number of nitrogens with one attached hydrogen (secondary N) is 1. The summed E-state index contributed by atoms with van der Waals surface area (Å²) in [4.78, 5) is 7.86. The Bertz CT molecular complexity index is 312. The predicted molar refractivity (Wildman–Crippen MR) is 55.0 cm³/mol. The molecular weight excluding hydrogens is 196 g/mol. The number of methoxy groups -OCH3 is 1. The minimum Gasteiger partial charge on any atom is -0.476 e. The smallest absolute Gasteiger partial charge is 0.232 e. The SMILES string of the molecule is COCCCOc1cnc(C(=N)N)cn1. The van der Waals surface area contributed by atoms with Crippen LogP contribution in [0.3, 0.4) is 0 Å². The van der Waals surface area contributed by atoms with Gasteiger partial charge in [0.2, 0.25) is 5.88 Å². The standard InChI is InChI=1S/C9H14N4O2/c1-14-3-2-4-15-8-6-12-7(5-13-8)9(10)11/h5-6H,2-4H2,1H3,(H3,10,11). The fourth-order valence-corrected chi connectivity index (χ4v) is 0.910. The van der Waals surface area contributed by atoms with E-state index in [1.165, 1.54) is 12.4 Å². The van der Waals surface area contributed by atoms with Crippen molar-refractivity contribution in [1.82, 2.24) is 9.97 Å². The van der Waals surface area contributed by atoms with Crippen LogP contribution < -0.4 is 10.5 Å². The minimum absolute atomic E-state index is 0.103. The summed E-state index contributed by atoms with van der Waals surface area (Å²) in [6.45, 7) is 1.18. The molecule has 3 N–H and O–H groups in total. The lowest BCUT2D eigenvalue weighted by Crippen LogP contribution is -2.13. The largest absolute Gasteiger partial charge is 0.476 e. The van der Waals surface area contributed by atoms with Crippen LogP contribution in [0.2, 0.25) is 0 Å². The lowest BCUT2D eigenvalue weighted by Gasteiger charge is -2.04. The summed E-state index contributed by atoms with van der Waals surface area (Å²) < 4.78 is 10.1. The van der Waals surface area contributed by atoms with Gasteiger partial charge >= 0.3 is 0 Å². The van der Waals surface area contributed by atoms with Gasteiger partial charge in [0.05, 0.1) is 19.0 Å². The summed E-state index contributed by atoms with van der Waals surface area (Å²) in [6.07, 6.45) is 3.66. The molecule has 0 aromatic carbocycles. The van der Waals surface area contributed by atoms with Crippen molar-refractivity contribution in [3.05, 3.63) is 18.1 Å². The van der Waals surface area contributed by atoms with E-state index in [2.05, 4.69) is 9.97 Å². The van der Waals surface area contributed by atoms with Crippen molar-refractivity contribution < 1.29 is 9.47 Å². The van der Waals surface area contributed by atoms with Gasteiger partial charge in [-0.05, 0) is 0 Å². The average molecular weight is 210 g/mol. The Morgan fingerprint density at radius 3 is 2.73 bits per heavy atom. The molecule has 0 radical (unpaired) electrons. The van der Waals surface area contributed by atoms with Crippen molar-refractivity contribution in [3.8, 4) is 5.88 Å². The number of amidine groups is 1. The minimum atomic E-state index is -0.103. The normalized spacial score (nSPS) is 9.93. The summed E-state index contributed by atoms with van der Waals surface area (Å²) >= 11 is 0. The molecule has 0 aliphatic carbocycles. The number of hydrogen-bond donors (Lipinski definition) is 2. The summed E-state index contributed by atoms with van der Waals surface area (Å²) in [5.74, 6) is 0.324. The van der Waals surface area contributed by atoms with Gasteiger partial charge in [-0.15, -0.1) is 0 Å². The molecule has 1 rings (SSSR count). The van der Waals surface area contributed by atoms with Gasteiger partial charge in [-0.2, -0.15) is 0 Å². The molecule has 6 heteroatoms. The molecule has 0 amide bonds. The second-order valence-electron chi connectivity index (χ2n) is 2.85. The molecule has 82 valence electrons. The predicted octanol–water partition coefficient (Wildman–Crippen LogP) is 0.176. The van der Waals surface area contributed by atoms with E-state index >= 15 is 0 Å². The zero-order valence-electron chi connectivity index (χ0n) is 8.56. The highest BCUT2D eigenvalue weighted by molar-refractivity contribution is 5.92. The van der Waals surface area contributed by atoms with Crippen LogP contribution in [0.4, 0.5) is 0 Å². The van der Waals surface area contributed by atoms with Gasteiger partial charge in [0.1, 0.15) is 11.5 Å². The van der Waals surface area contributed by atoms with Gasteiger partial charge in [-0.1, -0.05) is 0 Å². The molecule has 0 fully saturated rings. The Morgan fingerprint density at radius 2 is 2.20 bits per heavy atom. The van der Waals surface area contributed by atoms with Gasteiger partial charge in [0, 0.05) is 20.1 Å². The highest BCUT2D eigenvalue weighted by Gasteiger charge is 2.00. The lowest BCUT2D eigenvalue weighted by molar-refractivity contribution is 0.170. The lowest BCUT2D eigenvalue weighted by atomic mass is 10.4. The molecule has 1 heterocycles. The molecule has 0 bridgehead atoms. The topological polar surface area (TPSA) is 94.1 Å². The van der Waals surface area contributed by atoms with Crippen LogP contribution in [0, 0.1) is 5.41 Å². The maximum atomic E-state index is 7.12. The molecule has 0 saturated heterocycles. The highest BCUT2D eigenvalue weighted by atomic mass is 16.5. The number of nitrogens with two attached hydrogens (primary N) is 1. The zero-order chi connectivity index (χ0) is 11.1. The summed E-state index contributed by atoms with van der Waals surface area (Å²) in [5, 5.41) is 7.12. The van der Waals surface area contributed by atoms with Crippen LogP contribution in [0.5, 0.6) is 5.88 Å². The first-order chi connectivity index (χ1) is 7.24. The van der Waals surface area contributed by atoms with Gasteiger partial charge in [0.15, 0.2) is 0 Å². The molecule has 1 aromatic heterocycles. The van der Waals surface area contributed by atoms with Crippen LogP contribution in [-0.4, -0.2) is 36.1 Å². The van der Waals surface area contributed by atoms with Gasteiger partial charge in [-0.25, -0.2) is 9.97 Å². The maximum Gasteiger partial charge on any atom is 0.232 e. The monoisotopic (exact) mass is 210 g/mol. The first-order valence-corrected chi connectivity index (χ1v) is 4.52. The summed E-state index contributed by atoms with van der Waals surface area (Å²) in [7, 11) is 1.64. The zero-order valence-corrected chi connectivity index (χ0v) is 8.56. The second-order valence-corrected chi connectivity index (χ2v) is 2.85. The molecule has 0 aliphatic heterocycles. The third-order valence-corrected chi connectivity index (χ3v) is 1.65. The average Bonchev–Trinajstić information content (AvgIpc) is 2.25. The van der Waals surface area contributed by atoms with Crippen LogP contribution in [-0.2, 0) is 4.74 Å². The van der Waals surface area contributed by atoms with Gasteiger partial charge in [0.25, 0.3) is 0 Å². The van der Waals surface area contributed by atoms with Crippen LogP contribution in [0.15, 0.2) is 12.4 Å². The molecule has 0 atom stereocenters. The molecule has 0 saturated carbocycles. The fraction of sp³-hybridized carbons (Fsp3) is 0.444. The highest BCUT2D eigenvalue weighted by Crippen LogP contribution is 2.03. The van der Waals surface area contributed by atoms with Crippen LogP contribution >= 0.6 is 0 Å². The van der Waals surface area contributed by atoms with E-state index in [-0.39, 0.29) is 5.84 Å². The maximum absolute atomic E-state index is 7.12. The van der Waals surface area contributed by atoms with Gasteiger partial charge in [-0.3, -0.25) is 5.41 Å². The Labute approximate surface area is 87.9 Å². The third kappa shape index (κ3) is 3.90. The second kappa shape index (κ2) is 5.92. The summed E-state index contributed by atoms with van der Waals surface area (Å²) in [6, 6.07) is 0. The number of ether oxygens (including phenoxy) is 2. The van der Waals surface area contributed by atoms with E-state index in [0.29, 0.717) is 24.8 Å². The number of nitrogen functional groups attached to an aromatic ring is 1. The van der Waals surface area contributed by atoms with Crippen molar-refractivity contribution in [2.75, 3.05) is 20.3 Å². The van der Waals surface area contributed by atoms with Gasteiger partial charge < -0.3 is 15.2 Å². The van der Waals surface area contributed by atoms with Crippen molar-refractivity contribution in [2.45, 2.75) is 6.42 Å². The molecule has 0 spiro atoms. The summed E-state index contributed by atoms with van der Waals surface area (Å²) in [5.41, 5.74) is 5.57. The number of hydrogen-bond acceptors (Lipinski definition) is 5. The molecule has 1 aromatic rings. The van der Waals surface area contributed by atoms with Crippen LogP contribution in [0.25, 0.3) is 0 Å². The molecule has 0 unspecified atom stereocenters. The van der Waals surface area contributed by atoms with E-state index in [0.717, 1.165) is 6.42 Å². The van der Waals surface area contributed by atoms with E-state index in [9.17, 15) is 0 Å². The molecule has 6 nitrogen and oxygen atoms in total. The van der Waals surface area contributed by atoms with E-state index in [1.54, 1.807) is 7.11 Å². The van der Waals surface area contributed by atoms with Crippen molar-refractivity contribution in [3.63, 3.8) is 0 Å². The van der Waals surface area contributed by atoms with Crippen molar-refractivity contribution in [1.29, 1.82) is 5.41 Å². The first kappa shape index (κ1) is 11.4. The molecule has 0 aliphatic rings. The van der Waals surface area contributed by atoms with E-state index < -0.39 is 0 Å². The van der Waals surface area contributed by atoms with Crippen molar-refractivity contribution in [2.24, 2.45) is 5.73 Å². The van der Waals surface area contributed by atoms with E-state index in [4.69, 9.17) is 20.6 Å². The Balaban J connectivity index is 2.39. The number of aromatic nitrogens is 2. The quantitative estimate of drug-likeness (QED) is 0.396. The molecular formula is C9H14N4O2. The Hall–Kier alpha value is -1.69. The Morgan fingerprint density at radius 1 is 1.40 bits per heavy atom. The third-order valence-electron chi connectivity index (χ3n) is 1.65. The van der Waals surface area contributed by atoms with E-state index in [1.807, 2.05) is 0 Å². The number of rotatable bonds is 6. The number of nitrogens with zero attached hydrogens (tertiary/aromatic N) is 2. The van der Waals surface area contributed by atoms with Crippen molar-refractivity contribution >= 4 is 5.84 Å².